The predicted octanol–water partition coefficient (Wildman–Crippen LogP) is 6.24. The molecule has 1 heterocycles. The van der Waals surface area contributed by atoms with Gasteiger partial charge in [0.15, 0.2) is 0 Å². The molecule has 4 nitrogen and oxygen atoms in total. The van der Waals surface area contributed by atoms with E-state index in [1.165, 1.54) is 5.57 Å². The van der Waals surface area contributed by atoms with E-state index in [0.29, 0.717) is 18.8 Å². The van der Waals surface area contributed by atoms with Gasteiger partial charge in [-0.3, -0.25) is 4.79 Å². The van der Waals surface area contributed by atoms with Crippen LogP contribution in [0.1, 0.15) is 72.6 Å². The van der Waals surface area contributed by atoms with E-state index >= 15 is 0 Å². The third kappa shape index (κ3) is 12.5. The second-order valence-electron chi connectivity index (χ2n) is 8.54. The van der Waals surface area contributed by atoms with Gasteiger partial charge in [0.2, 0.25) is 0 Å². The highest BCUT2D eigenvalue weighted by atomic mass is 16.5. The molecule has 0 aromatic heterocycles. The summed E-state index contributed by atoms with van der Waals surface area (Å²) in [7, 11) is 1.73. The van der Waals surface area contributed by atoms with Gasteiger partial charge in [-0.2, -0.15) is 0 Å². The zero-order valence-corrected chi connectivity index (χ0v) is 20.0. The Kier molecular flexibility index (Phi) is 13.8. The highest BCUT2D eigenvalue weighted by Crippen LogP contribution is 2.19. The van der Waals surface area contributed by atoms with Crippen LogP contribution in [0, 0.1) is 5.92 Å². The molecule has 0 fully saturated rings. The van der Waals surface area contributed by atoms with Crippen LogP contribution in [0.4, 0.5) is 0 Å². The Morgan fingerprint density at radius 1 is 1.26 bits per heavy atom. The number of aliphatic hydroxyl groups excluding tert-OH is 1. The monoisotopic (exact) mass is 430 g/mol. The Morgan fingerprint density at radius 2 is 1.97 bits per heavy atom. The summed E-state index contributed by atoms with van der Waals surface area (Å²) in [6.45, 7) is 8.35. The molecule has 31 heavy (non-hydrogen) atoms. The topological polar surface area (TPSA) is 55.8 Å². The molecular formula is C27H42O4. The van der Waals surface area contributed by atoms with E-state index in [9.17, 15) is 9.90 Å². The summed E-state index contributed by atoms with van der Waals surface area (Å²) in [5.74, 6) is 0.0727. The van der Waals surface area contributed by atoms with E-state index in [2.05, 4.69) is 38.2 Å². The quantitative estimate of drug-likeness (QED) is 0.424. The Morgan fingerprint density at radius 3 is 2.65 bits per heavy atom. The van der Waals surface area contributed by atoms with Crippen molar-refractivity contribution >= 4 is 5.97 Å². The second kappa shape index (κ2) is 15.8. The Bertz CT molecular complexity index is 669. The minimum Gasteiger partial charge on any atom is -0.458 e. The first-order chi connectivity index (χ1) is 14.8. The number of allylic oxidation sites excluding steroid dienone is 7. The lowest BCUT2D eigenvalue weighted by atomic mass is 9.97. The molecule has 174 valence electrons. The van der Waals surface area contributed by atoms with Crippen molar-refractivity contribution in [2.75, 3.05) is 7.11 Å². The number of hydrogen-bond acceptors (Lipinski definition) is 4. The molecule has 0 saturated heterocycles. The summed E-state index contributed by atoms with van der Waals surface area (Å²) in [5.41, 5.74) is 2.38. The molecule has 1 N–H and O–H groups in total. The highest BCUT2D eigenvalue weighted by molar-refractivity contribution is 5.70. The Hall–Kier alpha value is -1.91. The van der Waals surface area contributed by atoms with Crippen LogP contribution in [0.15, 0.2) is 59.8 Å². The molecule has 0 aliphatic carbocycles. The Labute approximate surface area is 189 Å². The number of rotatable bonds is 4. The molecule has 0 spiro atoms. The van der Waals surface area contributed by atoms with Crippen LogP contribution in [-0.2, 0) is 14.3 Å². The van der Waals surface area contributed by atoms with E-state index < -0.39 is 6.10 Å². The van der Waals surface area contributed by atoms with Gasteiger partial charge < -0.3 is 14.6 Å². The van der Waals surface area contributed by atoms with Crippen molar-refractivity contribution in [1.29, 1.82) is 0 Å². The van der Waals surface area contributed by atoms with Gasteiger partial charge in [-0.1, -0.05) is 55.0 Å². The summed E-state index contributed by atoms with van der Waals surface area (Å²) in [6, 6.07) is 0. The third-order valence-electron chi connectivity index (χ3n) is 5.43. The van der Waals surface area contributed by atoms with Gasteiger partial charge in [0, 0.05) is 13.5 Å². The van der Waals surface area contributed by atoms with Crippen LogP contribution >= 0.6 is 0 Å². The van der Waals surface area contributed by atoms with Crippen LogP contribution in [-0.4, -0.2) is 36.5 Å². The van der Waals surface area contributed by atoms with Crippen molar-refractivity contribution in [3.05, 3.63) is 59.8 Å². The van der Waals surface area contributed by atoms with Crippen LogP contribution in [0.25, 0.3) is 0 Å². The maximum absolute atomic E-state index is 12.4. The minimum atomic E-state index is -0.695. The molecule has 0 aromatic carbocycles. The summed E-state index contributed by atoms with van der Waals surface area (Å²) < 4.78 is 11.3. The van der Waals surface area contributed by atoms with Crippen molar-refractivity contribution < 1.29 is 19.4 Å². The Balaban J connectivity index is 2.94. The van der Waals surface area contributed by atoms with E-state index in [0.717, 1.165) is 31.3 Å². The first-order valence-corrected chi connectivity index (χ1v) is 11.5. The third-order valence-corrected chi connectivity index (χ3v) is 5.43. The van der Waals surface area contributed by atoms with Crippen molar-refractivity contribution in [3.63, 3.8) is 0 Å². The van der Waals surface area contributed by atoms with Crippen molar-refractivity contribution in [2.24, 2.45) is 5.92 Å². The fourth-order valence-corrected chi connectivity index (χ4v) is 3.71. The minimum absolute atomic E-state index is 0.0192. The van der Waals surface area contributed by atoms with Gasteiger partial charge in [-0.25, -0.2) is 0 Å². The van der Waals surface area contributed by atoms with Crippen molar-refractivity contribution in [1.82, 2.24) is 0 Å². The molecule has 0 saturated carbocycles. The van der Waals surface area contributed by atoms with Gasteiger partial charge in [0.1, 0.15) is 6.10 Å². The van der Waals surface area contributed by atoms with Crippen LogP contribution < -0.4 is 0 Å². The number of aliphatic hydroxyl groups is 1. The zero-order chi connectivity index (χ0) is 23.1. The molecule has 4 unspecified atom stereocenters. The van der Waals surface area contributed by atoms with Gasteiger partial charge in [0.05, 0.1) is 18.6 Å². The summed E-state index contributed by atoms with van der Waals surface area (Å²) >= 11 is 0. The number of methoxy groups -OCH3 is 1. The number of ether oxygens (including phenoxy) is 2. The molecular weight excluding hydrogens is 388 g/mol. The molecule has 1 rings (SSSR count). The van der Waals surface area contributed by atoms with Gasteiger partial charge in [-0.15, -0.1) is 0 Å². The fourth-order valence-electron chi connectivity index (χ4n) is 3.71. The lowest BCUT2D eigenvalue weighted by molar-refractivity contribution is -0.149. The molecule has 0 aromatic rings. The van der Waals surface area contributed by atoms with E-state index in [-0.39, 0.29) is 24.6 Å². The molecule has 4 atom stereocenters. The molecule has 4 heteroatoms. The normalized spacial score (nSPS) is 28.1. The molecule has 0 amide bonds. The van der Waals surface area contributed by atoms with Gasteiger partial charge in [0.25, 0.3) is 0 Å². The van der Waals surface area contributed by atoms with Crippen molar-refractivity contribution in [3.8, 4) is 0 Å². The molecule has 0 bridgehead atoms. The number of carbonyl (C=O) groups is 1. The predicted molar refractivity (Wildman–Crippen MR) is 129 cm³/mol. The van der Waals surface area contributed by atoms with Gasteiger partial charge >= 0.3 is 5.97 Å². The summed E-state index contributed by atoms with van der Waals surface area (Å²) in [5, 5.41) is 10.3. The summed E-state index contributed by atoms with van der Waals surface area (Å²) in [4.78, 5) is 12.4. The largest absolute Gasteiger partial charge is 0.458 e. The lowest BCUT2D eigenvalue weighted by Gasteiger charge is -2.19. The average molecular weight is 431 g/mol. The van der Waals surface area contributed by atoms with Crippen LogP contribution in [0.2, 0.25) is 0 Å². The number of cyclic esters (lactones) is 1. The molecule has 1 aliphatic heterocycles. The highest BCUT2D eigenvalue weighted by Gasteiger charge is 2.17. The number of hydrogen-bond donors (Lipinski definition) is 1. The van der Waals surface area contributed by atoms with E-state index in [4.69, 9.17) is 9.47 Å². The van der Waals surface area contributed by atoms with E-state index in [1.54, 1.807) is 7.11 Å². The van der Waals surface area contributed by atoms with Gasteiger partial charge in [-0.05, 0) is 70.4 Å². The van der Waals surface area contributed by atoms with Crippen molar-refractivity contribution in [2.45, 2.75) is 91.0 Å². The maximum Gasteiger partial charge on any atom is 0.309 e. The first kappa shape index (κ1) is 27.1. The first-order valence-electron chi connectivity index (χ1n) is 11.5. The molecule has 0 radical (unpaired) electrons. The average Bonchev–Trinajstić information content (AvgIpc) is 2.71. The fraction of sp³-hybridized carbons (Fsp3) is 0.593. The summed E-state index contributed by atoms with van der Waals surface area (Å²) in [6.07, 6.45) is 20.3. The number of carbonyl (C=O) groups excluding carboxylic acids is 1. The second-order valence-corrected chi connectivity index (χ2v) is 8.54. The zero-order valence-electron chi connectivity index (χ0n) is 20.0. The lowest BCUT2D eigenvalue weighted by Crippen LogP contribution is -2.21. The standard InChI is InChI=1S/C27H42O4/c1-6-7-13-22(3)19-25-16-11-9-8-10-14-21(2)18-23(4)26(30-5)17-12-15-24(28)20-27(29)31-25/h6-11,18-19,21,24-26,28H,12-17,20H2,1-5H3. The van der Waals surface area contributed by atoms with E-state index in [1.807, 2.05) is 38.2 Å². The smallest absolute Gasteiger partial charge is 0.309 e. The SMILES string of the molecule is CC=CCC(C)=CC1CC=CC=CCC(C)C=C(C)C(OC)CCCC(O)CC(=O)O1. The number of esters is 1. The van der Waals surface area contributed by atoms with Crippen LogP contribution in [0.3, 0.4) is 0 Å². The molecule has 1 aliphatic rings. The van der Waals surface area contributed by atoms with Crippen LogP contribution in [0.5, 0.6) is 0 Å². The maximum atomic E-state index is 12.4.